The molecule has 0 aliphatic rings. The van der Waals surface area contributed by atoms with Crippen molar-refractivity contribution in [2.24, 2.45) is 0 Å². The quantitative estimate of drug-likeness (QED) is 0.696. The molecule has 0 aliphatic heterocycles. The van der Waals surface area contributed by atoms with E-state index in [2.05, 4.69) is 13.8 Å². The van der Waals surface area contributed by atoms with Gasteiger partial charge in [0, 0.05) is 5.56 Å². The Morgan fingerprint density at radius 1 is 1.24 bits per heavy atom. The molecule has 0 amide bonds. The number of thiophene rings is 1. The van der Waals surface area contributed by atoms with Crippen molar-refractivity contribution in [1.29, 1.82) is 0 Å². The molecule has 21 heavy (non-hydrogen) atoms. The molecule has 112 valence electrons. The third-order valence-electron chi connectivity index (χ3n) is 3.89. The van der Waals surface area contributed by atoms with E-state index < -0.39 is 5.60 Å². The Hall–Kier alpha value is -1.61. The smallest absolute Gasteiger partial charge is 0.338 e. The maximum absolute atomic E-state index is 12.3. The van der Waals surface area contributed by atoms with Gasteiger partial charge in [-0.15, -0.1) is 0 Å². The Morgan fingerprint density at radius 2 is 1.90 bits per heavy atom. The molecule has 0 saturated carbocycles. The van der Waals surface area contributed by atoms with Crippen molar-refractivity contribution in [2.75, 3.05) is 0 Å². The van der Waals surface area contributed by atoms with Gasteiger partial charge in [0.05, 0.1) is 5.56 Å². The molecule has 0 spiro atoms. The van der Waals surface area contributed by atoms with Crippen LogP contribution >= 0.6 is 11.3 Å². The predicted molar refractivity (Wildman–Crippen MR) is 87.9 cm³/mol. The molecule has 1 aromatic heterocycles. The number of benzene rings is 1. The van der Waals surface area contributed by atoms with Crippen molar-refractivity contribution >= 4 is 17.3 Å². The molecule has 2 aromatic rings. The fourth-order valence-electron chi connectivity index (χ4n) is 2.14. The fourth-order valence-corrected chi connectivity index (χ4v) is 2.95. The first-order valence-corrected chi connectivity index (χ1v) is 8.24. The molecule has 2 nitrogen and oxygen atoms in total. The van der Waals surface area contributed by atoms with Crippen LogP contribution in [0.4, 0.5) is 0 Å². The molecule has 1 aromatic carbocycles. The fraction of sp³-hybridized carbons (Fsp3) is 0.389. The summed E-state index contributed by atoms with van der Waals surface area (Å²) in [6.45, 7) is 8.18. The van der Waals surface area contributed by atoms with E-state index in [0.29, 0.717) is 11.5 Å². The van der Waals surface area contributed by atoms with Crippen molar-refractivity contribution in [3.8, 4) is 0 Å². The minimum absolute atomic E-state index is 0.276. The molecule has 0 N–H and O–H groups in total. The van der Waals surface area contributed by atoms with Gasteiger partial charge in [0.15, 0.2) is 0 Å². The summed E-state index contributed by atoms with van der Waals surface area (Å²) in [6.07, 6.45) is 1.09. The van der Waals surface area contributed by atoms with E-state index in [4.69, 9.17) is 4.74 Å². The van der Waals surface area contributed by atoms with Crippen LogP contribution in [0.1, 0.15) is 61.5 Å². The van der Waals surface area contributed by atoms with Crippen molar-refractivity contribution in [3.05, 3.63) is 57.8 Å². The lowest BCUT2D eigenvalue weighted by Crippen LogP contribution is -2.25. The Balaban J connectivity index is 2.10. The highest BCUT2D eigenvalue weighted by molar-refractivity contribution is 7.08. The normalized spacial score (nSPS) is 13.0. The Bertz CT molecular complexity index is 582. The minimum Gasteiger partial charge on any atom is -0.451 e. The van der Waals surface area contributed by atoms with Crippen LogP contribution in [0, 0.1) is 0 Å². The number of rotatable bonds is 5. The molecule has 1 heterocycles. The second-order valence-corrected chi connectivity index (χ2v) is 6.62. The van der Waals surface area contributed by atoms with E-state index in [1.54, 1.807) is 11.3 Å². The van der Waals surface area contributed by atoms with Gasteiger partial charge >= 0.3 is 5.97 Å². The highest BCUT2D eigenvalue weighted by atomic mass is 32.1. The molecule has 0 radical (unpaired) electrons. The van der Waals surface area contributed by atoms with Crippen LogP contribution in [0.25, 0.3) is 0 Å². The zero-order valence-corrected chi connectivity index (χ0v) is 13.9. The van der Waals surface area contributed by atoms with Crippen LogP contribution in [-0.2, 0) is 10.3 Å². The molecule has 1 unspecified atom stereocenters. The molecule has 0 bridgehead atoms. The van der Waals surface area contributed by atoms with Gasteiger partial charge in [-0.1, -0.05) is 26.0 Å². The van der Waals surface area contributed by atoms with E-state index >= 15 is 0 Å². The molecular weight excluding hydrogens is 280 g/mol. The average Bonchev–Trinajstić information content (AvgIpc) is 3.01. The van der Waals surface area contributed by atoms with Gasteiger partial charge in [0.25, 0.3) is 0 Å². The number of carbonyl (C=O) groups is 1. The second kappa shape index (κ2) is 6.44. The van der Waals surface area contributed by atoms with E-state index in [9.17, 15) is 4.79 Å². The largest absolute Gasteiger partial charge is 0.451 e. The van der Waals surface area contributed by atoms with Crippen LogP contribution in [0.3, 0.4) is 0 Å². The lowest BCUT2D eigenvalue weighted by atomic mass is 9.97. The summed E-state index contributed by atoms with van der Waals surface area (Å²) in [5.41, 5.74) is 2.28. The predicted octanol–water partition coefficient (Wildman–Crippen LogP) is 5.35. The zero-order valence-electron chi connectivity index (χ0n) is 13.1. The van der Waals surface area contributed by atoms with Crippen molar-refractivity contribution in [2.45, 2.75) is 45.6 Å². The molecule has 0 aliphatic carbocycles. The highest BCUT2D eigenvalue weighted by Gasteiger charge is 2.26. The van der Waals surface area contributed by atoms with Gasteiger partial charge in [0.2, 0.25) is 0 Å². The van der Waals surface area contributed by atoms with E-state index in [1.165, 1.54) is 5.56 Å². The van der Waals surface area contributed by atoms with E-state index in [0.717, 1.165) is 12.0 Å². The molecule has 2 rings (SSSR count). The van der Waals surface area contributed by atoms with Crippen LogP contribution < -0.4 is 0 Å². The number of esters is 1. The summed E-state index contributed by atoms with van der Waals surface area (Å²) < 4.78 is 5.66. The number of hydrogen-bond acceptors (Lipinski definition) is 3. The van der Waals surface area contributed by atoms with Crippen molar-refractivity contribution in [1.82, 2.24) is 0 Å². The molecule has 0 fully saturated rings. The van der Waals surface area contributed by atoms with E-state index in [-0.39, 0.29) is 5.97 Å². The minimum atomic E-state index is -0.605. The Morgan fingerprint density at radius 3 is 2.43 bits per heavy atom. The lowest BCUT2D eigenvalue weighted by Gasteiger charge is -2.24. The van der Waals surface area contributed by atoms with Crippen molar-refractivity contribution in [3.63, 3.8) is 0 Å². The van der Waals surface area contributed by atoms with Crippen LogP contribution in [0.2, 0.25) is 0 Å². The van der Waals surface area contributed by atoms with Gasteiger partial charge in [-0.05, 0) is 60.7 Å². The van der Waals surface area contributed by atoms with Gasteiger partial charge < -0.3 is 4.74 Å². The monoisotopic (exact) mass is 302 g/mol. The molecule has 3 heteroatoms. The summed E-state index contributed by atoms with van der Waals surface area (Å²) in [5, 5.41) is 4.01. The Kier molecular flexibility index (Phi) is 4.84. The summed E-state index contributed by atoms with van der Waals surface area (Å²) in [6, 6.07) is 9.73. The third-order valence-corrected chi connectivity index (χ3v) is 4.58. The van der Waals surface area contributed by atoms with Gasteiger partial charge in [-0.3, -0.25) is 0 Å². The molecule has 0 saturated heterocycles. The second-order valence-electron chi connectivity index (χ2n) is 5.84. The first-order chi connectivity index (χ1) is 9.94. The average molecular weight is 302 g/mol. The van der Waals surface area contributed by atoms with Crippen LogP contribution in [0.5, 0.6) is 0 Å². The summed E-state index contributed by atoms with van der Waals surface area (Å²) in [7, 11) is 0. The van der Waals surface area contributed by atoms with Gasteiger partial charge in [0.1, 0.15) is 5.60 Å². The first-order valence-electron chi connectivity index (χ1n) is 7.30. The van der Waals surface area contributed by atoms with Crippen molar-refractivity contribution < 1.29 is 9.53 Å². The Labute approximate surface area is 130 Å². The summed E-state index contributed by atoms with van der Waals surface area (Å²) >= 11 is 1.61. The first kappa shape index (κ1) is 15.8. The SMILES string of the molecule is CCC(C)c1ccc(C(=O)OC(C)(C)c2ccsc2)cc1. The van der Waals surface area contributed by atoms with Crippen LogP contribution in [-0.4, -0.2) is 5.97 Å². The van der Waals surface area contributed by atoms with Gasteiger partial charge in [-0.25, -0.2) is 4.79 Å². The number of carbonyl (C=O) groups excluding carboxylic acids is 1. The van der Waals surface area contributed by atoms with E-state index in [1.807, 2.05) is 54.9 Å². The van der Waals surface area contributed by atoms with Crippen LogP contribution in [0.15, 0.2) is 41.1 Å². The number of ether oxygens (including phenoxy) is 1. The lowest BCUT2D eigenvalue weighted by molar-refractivity contribution is -0.00295. The number of hydrogen-bond donors (Lipinski definition) is 0. The molecular formula is C18H22O2S. The third kappa shape index (κ3) is 3.73. The maximum atomic E-state index is 12.3. The maximum Gasteiger partial charge on any atom is 0.338 e. The summed E-state index contributed by atoms with van der Waals surface area (Å²) in [5.74, 6) is 0.235. The summed E-state index contributed by atoms with van der Waals surface area (Å²) in [4.78, 5) is 12.3. The molecule has 1 atom stereocenters. The standard InChI is InChI=1S/C18H22O2S/c1-5-13(2)14-6-8-15(9-7-14)17(19)20-18(3,4)16-10-11-21-12-16/h6-13H,5H2,1-4H3. The zero-order chi connectivity index (χ0) is 15.5. The highest BCUT2D eigenvalue weighted by Crippen LogP contribution is 2.28. The topological polar surface area (TPSA) is 26.3 Å². The van der Waals surface area contributed by atoms with Gasteiger partial charge in [-0.2, -0.15) is 11.3 Å².